The van der Waals surface area contributed by atoms with Crippen LogP contribution in [0.25, 0.3) is 11.1 Å². The Hall–Kier alpha value is -1.67. The molecule has 1 atom stereocenters. The molecule has 0 spiro atoms. The normalized spacial score (nSPS) is 13.7. The minimum absolute atomic E-state index is 0.0946. The quantitative estimate of drug-likeness (QED) is 0.333. The molecule has 1 unspecified atom stereocenters. The topological polar surface area (TPSA) is 72.8 Å². The summed E-state index contributed by atoms with van der Waals surface area (Å²) in [5, 5.41) is 10.9. The molecule has 2 rings (SSSR count). The standard InChI is InChI=1S/C26H40O5SSi/c1-19-15-23(30-13-10-14-32(6,28)29)16-20(2)25(19)22-12-9-11-21(17-22)24(27)18-31-33(7,8)26(3,4)5/h9,11-12,15-17,24,27H,10,13-14,18H2,1-8H3. The molecule has 0 aliphatic carbocycles. The van der Waals surface area contributed by atoms with Gasteiger partial charge in [-0.25, -0.2) is 8.42 Å². The third-order valence-corrected chi connectivity index (χ3v) is 11.9. The zero-order chi connectivity index (χ0) is 25.0. The number of aliphatic hydroxyl groups is 1. The van der Waals surface area contributed by atoms with Crippen LogP contribution < -0.4 is 4.74 Å². The van der Waals surface area contributed by atoms with Crippen LogP contribution in [0.15, 0.2) is 36.4 Å². The summed E-state index contributed by atoms with van der Waals surface area (Å²) < 4.78 is 34.6. The van der Waals surface area contributed by atoms with E-state index in [0.717, 1.165) is 33.6 Å². The highest BCUT2D eigenvalue weighted by molar-refractivity contribution is 7.90. The lowest BCUT2D eigenvalue weighted by molar-refractivity contribution is 0.100. The second kappa shape index (κ2) is 10.7. The summed E-state index contributed by atoms with van der Waals surface area (Å²) in [5.41, 5.74) is 5.12. The van der Waals surface area contributed by atoms with Gasteiger partial charge in [0.25, 0.3) is 0 Å². The number of hydrogen-bond acceptors (Lipinski definition) is 5. The second-order valence-electron chi connectivity index (χ2n) is 10.5. The fraction of sp³-hybridized carbons (Fsp3) is 0.538. The summed E-state index contributed by atoms with van der Waals surface area (Å²) in [4.78, 5) is 0. The first-order valence-corrected chi connectivity index (χ1v) is 16.4. The van der Waals surface area contributed by atoms with E-state index in [-0.39, 0.29) is 17.4 Å². The molecule has 1 N–H and O–H groups in total. The Morgan fingerprint density at radius 3 is 2.21 bits per heavy atom. The van der Waals surface area contributed by atoms with Gasteiger partial charge in [-0.2, -0.15) is 0 Å². The molecule has 0 aliphatic heterocycles. The molecule has 2 aromatic rings. The van der Waals surface area contributed by atoms with Gasteiger partial charge in [0.2, 0.25) is 0 Å². The lowest BCUT2D eigenvalue weighted by atomic mass is 9.93. The molecule has 0 saturated heterocycles. The van der Waals surface area contributed by atoms with E-state index < -0.39 is 24.3 Å². The number of sulfone groups is 1. The molecule has 0 aliphatic rings. The van der Waals surface area contributed by atoms with Crippen molar-refractivity contribution >= 4 is 18.2 Å². The zero-order valence-corrected chi connectivity index (χ0v) is 23.2. The van der Waals surface area contributed by atoms with Gasteiger partial charge in [0.05, 0.1) is 19.0 Å². The summed E-state index contributed by atoms with van der Waals surface area (Å²) in [5.74, 6) is 0.860. The molecule has 33 heavy (non-hydrogen) atoms. The highest BCUT2D eigenvalue weighted by Crippen LogP contribution is 2.37. The molecule has 5 nitrogen and oxygen atoms in total. The molecular weight excluding hydrogens is 452 g/mol. The van der Waals surface area contributed by atoms with Crippen molar-refractivity contribution in [1.82, 2.24) is 0 Å². The SMILES string of the molecule is Cc1cc(OCCCS(C)(=O)=O)cc(C)c1-c1cccc(C(O)CO[Si](C)(C)C(C)(C)C)c1. The van der Waals surface area contributed by atoms with E-state index in [1.165, 1.54) is 6.26 Å². The van der Waals surface area contributed by atoms with Gasteiger partial charge < -0.3 is 14.3 Å². The van der Waals surface area contributed by atoms with Gasteiger partial charge in [-0.1, -0.05) is 39.0 Å². The Balaban J connectivity index is 2.15. The average molecular weight is 493 g/mol. The Kier molecular flexibility index (Phi) is 8.96. The van der Waals surface area contributed by atoms with Crippen molar-refractivity contribution in [2.45, 2.75) is 65.3 Å². The minimum Gasteiger partial charge on any atom is -0.494 e. The van der Waals surface area contributed by atoms with Crippen LogP contribution in [0.3, 0.4) is 0 Å². The van der Waals surface area contributed by atoms with Crippen LogP contribution in [-0.4, -0.2) is 47.1 Å². The summed E-state index contributed by atoms with van der Waals surface area (Å²) in [6.45, 7) is 15.7. The highest BCUT2D eigenvalue weighted by atomic mass is 32.2. The number of rotatable bonds is 10. The molecule has 0 heterocycles. The Labute approximate surface area is 201 Å². The van der Waals surface area contributed by atoms with Crippen LogP contribution in [0.4, 0.5) is 0 Å². The van der Waals surface area contributed by atoms with Crippen molar-refractivity contribution in [2.75, 3.05) is 25.2 Å². The molecule has 0 bridgehead atoms. The van der Waals surface area contributed by atoms with Gasteiger partial charge in [0.1, 0.15) is 21.7 Å². The number of aryl methyl sites for hydroxylation is 2. The molecule has 184 valence electrons. The van der Waals surface area contributed by atoms with Gasteiger partial charge >= 0.3 is 0 Å². The van der Waals surface area contributed by atoms with Gasteiger partial charge in [-0.05, 0) is 84.4 Å². The molecule has 2 aromatic carbocycles. The molecule has 0 aromatic heterocycles. The zero-order valence-electron chi connectivity index (χ0n) is 21.4. The van der Waals surface area contributed by atoms with E-state index in [2.05, 4.69) is 33.9 Å². The third-order valence-electron chi connectivity index (χ3n) is 6.40. The molecule has 0 amide bonds. The first kappa shape index (κ1) is 27.6. The number of benzene rings is 2. The van der Waals surface area contributed by atoms with Crippen LogP contribution in [0.5, 0.6) is 5.75 Å². The van der Waals surface area contributed by atoms with Crippen LogP contribution in [0.1, 0.15) is 50.0 Å². The number of aliphatic hydroxyl groups excluding tert-OH is 1. The van der Waals surface area contributed by atoms with Crippen molar-refractivity contribution in [1.29, 1.82) is 0 Å². The van der Waals surface area contributed by atoms with E-state index in [1.54, 1.807) is 0 Å². The highest BCUT2D eigenvalue weighted by Gasteiger charge is 2.37. The molecule has 0 radical (unpaired) electrons. The van der Waals surface area contributed by atoms with E-state index in [1.807, 2.05) is 50.2 Å². The molecular formula is C26H40O5SSi. The number of ether oxygens (including phenoxy) is 1. The van der Waals surface area contributed by atoms with E-state index in [9.17, 15) is 13.5 Å². The van der Waals surface area contributed by atoms with E-state index in [4.69, 9.17) is 9.16 Å². The van der Waals surface area contributed by atoms with Gasteiger partial charge in [-0.15, -0.1) is 0 Å². The number of hydrogen-bond donors (Lipinski definition) is 1. The minimum atomic E-state index is -2.98. The maximum absolute atomic E-state index is 11.3. The van der Waals surface area contributed by atoms with Crippen LogP contribution >= 0.6 is 0 Å². The Morgan fingerprint density at radius 2 is 1.67 bits per heavy atom. The fourth-order valence-electron chi connectivity index (χ4n) is 3.48. The predicted molar refractivity (Wildman–Crippen MR) is 139 cm³/mol. The summed E-state index contributed by atoms with van der Waals surface area (Å²) in [6, 6.07) is 11.9. The lowest BCUT2D eigenvalue weighted by Gasteiger charge is -2.36. The second-order valence-corrected chi connectivity index (χ2v) is 17.5. The average Bonchev–Trinajstić information content (AvgIpc) is 2.67. The largest absolute Gasteiger partial charge is 0.494 e. The smallest absolute Gasteiger partial charge is 0.192 e. The van der Waals surface area contributed by atoms with Crippen LogP contribution in [-0.2, 0) is 14.3 Å². The molecule has 0 saturated carbocycles. The molecule has 0 fully saturated rings. The van der Waals surface area contributed by atoms with E-state index >= 15 is 0 Å². The fourth-order valence-corrected chi connectivity index (χ4v) is 5.12. The maximum atomic E-state index is 11.3. The Morgan fingerprint density at radius 1 is 1.06 bits per heavy atom. The van der Waals surface area contributed by atoms with Crippen molar-refractivity contribution in [2.24, 2.45) is 0 Å². The van der Waals surface area contributed by atoms with Gasteiger partial charge in [-0.3, -0.25) is 0 Å². The van der Waals surface area contributed by atoms with Crippen LogP contribution in [0.2, 0.25) is 18.1 Å². The van der Waals surface area contributed by atoms with Crippen molar-refractivity contribution in [3.63, 3.8) is 0 Å². The van der Waals surface area contributed by atoms with Crippen molar-refractivity contribution in [3.8, 4) is 16.9 Å². The summed E-state index contributed by atoms with van der Waals surface area (Å²) in [6.07, 6.45) is 1.02. The summed E-state index contributed by atoms with van der Waals surface area (Å²) in [7, 11) is -4.91. The Bertz CT molecular complexity index is 1030. The maximum Gasteiger partial charge on any atom is 0.192 e. The molecule has 7 heteroatoms. The van der Waals surface area contributed by atoms with Crippen molar-refractivity contribution in [3.05, 3.63) is 53.1 Å². The van der Waals surface area contributed by atoms with Gasteiger partial charge in [0.15, 0.2) is 8.32 Å². The van der Waals surface area contributed by atoms with Crippen molar-refractivity contribution < 1.29 is 22.7 Å². The third kappa shape index (κ3) is 7.95. The lowest BCUT2D eigenvalue weighted by Crippen LogP contribution is -2.41. The van der Waals surface area contributed by atoms with Gasteiger partial charge in [0, 0.05) is 6.26 Å². The summed E-state index contributed by atoms with van der Waals surface area (Å²) >= 11 is 0. The predicted octanol–water partition coefficient (Wildman–Crippen LogP) is 5.84. The first-order valence-electron chi connectivity index (χ1n) is 11.4. The van der Waals surface area contributed by atoms with Crippen LogP contribution in [0, 0.1) is 13.8 Å². The monoisotopic (exact) mass is 492 g/mol. The first-order chi connectivity index (χ1) is 15.1. The van der Waals surface area contributed by atoms with E-state index in [0.29, 0.717) is 13.0 Å².